The van der Waals surface area contributed by atoms with Gasteiger partial charge in [0.1, 0.15) is 12.3 Å². The summed E-state index contributed by atoms with van der Waals surface area (Å²) in [4.78, 5) is 30.2. The highest BCUT2D eigenvalue weighted by Gasteiger charge is 2.23. The summed E-state index contributed by atoms with van der Waals surface area (Å²) in [7, 11) is 0. The van der Waals surface area contributed by atoms with Crippen LogP contribution in [0.1, 0.15) is 35.0 Å². The molecule has 0 aliphatic rings. The molecule has 0 bridgehead atoms. The van der Waals surface area contributed by atoms with E-state index in [1.54, 1.807) is 16.1 Å². The Balaban J connectivity index is 1.49. The number of hydrogen-bond donors (Lipinski definition) is 0. The number of nitrogens with zero attached hydrogens (tertiary/aromatic N) is 2. The summed E-state index contributed by atoms with van der Waals surface area (Å²) in [6.07, 6.45) is 2.37. The third-order valence-corrected chi connectivity index (χ3v) is 5.84. The van der Waals surface area contributed by atoms with Gasteiger partial charge in [-0.25, -0.2) is 0 Å². The van der Waals surface area contributed by atoms with Gasteiger partial charge in [0.2, 0.25) is 5.91 Å². The molecule has 2 amide bonds. The first-order chi connectivity index (χ1) is 17.1. The van der Waals surface area contributed by atoms with Crippen molar-refractivity contribution in [3.8, 4) is 11.1 Å². The molecular weight excluding hydrogens is 436 g/mol. The first-order valence-electron chi connectivity index (χ1n) is 11.9. The highest BCUT2D eigenvalue weighted by atomic mass is 16.3. The molecule has 5 nitrogen and oxygen atoms in total. The molecule has 0 N–H and O–H groups in total. The summed E-state index contributed by atoms with van der Waals surface area (Å²) >= 11 is 0. The number of rotatable bonds is 10. The van der Waals surface area contributed by atoms with Crippen molar-refractivity contribution in [2.45, 2.75) is 26.4 Å². The Bertz CT molecular complexity index is 1200. The number of carbonyl (C=O) groups excluding carboxylic acids is 2. The molecule has 1 heterocycles. The van der Waals surface area contributed by atoms with Gasteiger partial charge in [-0.15, -0.1) is 0 Å². The lowest BCUT2D eigenvalue weighted by molar-refractivity contribution is -0.133. The van der Waals surface area contributed by atoms with Crippen molar-refractivity contribution in [1.29, 1.82) is 0 Å². The second-order valence-corrected chi connectivity index (χ2v) is 8.48. The maximum absolute atomic E-state index is 13.4. The van der Waals surface area contributed by atoms with Crippen molar-refractivity contribution in [3.63, 3.8) is 0 Å². The second-order valence-electron chi connectivity index (χ2n) is 8.48. The van der Waals surface area contributed by atoms with Crippen LogP contribution in [0.3, 0.4) is 0 Å². The van der Waals surface area contributed by atoms with Gasteiger partial charge in [-0.2, -0.15) is 0 Å². The molecule has 178 valence electrons. The fourth-order valence-corrected chi connectivity index (χ4v) is 4.03. The third-order valence-electron chi connectivity index (χ3n) is 5.84. The van der Waals surface area contributed by atoms with Crippen LogP contribution in [0.25, 0.3) is 11.1 Å². The monoisotopic (exact) mass is 466 g/mol. The van der Waals surface area contributed by atoms with Gasteiger partial charge < -0.3 is 14.2 Å². The summed E-state index contributed by atoms with van der Waals surface area (Å²) in [5.41, 5.74) is 3.75. The zero-order valence-electron chi connectivity index (χ0n) is 20.0. The number of carbonyl (C=O) groups is 2. The Labute approximate surface area is 206 Å². The molecule has 0 aliphatic heterocycles. The molecule has 0 atom stereocenters. The van der Waals surface area contributed by atoms with E-state index in [1.807, 2.05) is 104 Å². The topological polar surface area (TPSA) is 53.8 Å². The highest BCUT2D eigenvalue weighted by molar-refractivity contribution is 5.97. The van der Waals surface area contributed by atoms with E-state index in [2.05, 4.69) is 0 Å². The molecule has 0 aliphatic carbocycles. The van der Waals surface area contributed by atoms with Gasteiger partial charge >= 0.3 is 0 Å². The highest BCUT2D eigenvalue weighted by Crippen LogP contribution is 2.20. The van der Waals surface area contributed by atoms with Crippen molar-refractivity contribution >= 4 is 11.8 Å². The minimum Gasteiger partial charge on any atom is -0.467 e. The Morgan fingerprint density at radius 1 is 0.714 bits per heavy atom. The average molecular weight is 467 g/mol. The fraction of sp³-hybridized carbons (Fsp3) is 0.200. The normalized spacial score (nSPS) is 10.7. The average Bonchev–Trinajstić information content (AvgIpc) is 3.42. The first kappa shape index (κ1) is 24.0. The van der Waals surface area contributed by atoms with Crippen LogP contribution in [-0.2, 0) is 17.9 Å². The van der Waals surface area contributed by atoms with Crippen molar-refractivity contribution in [3.05, 3.63) is 120 Å². The van der Waals surface area contributed by atoms with Crippen LogP contribution in [0.15, 0.2) is 108 Å². The fourth-order valence-electron chi connectivity index (χ4n) is 4.03. The third kappa shape index (κ3) is 6.48. The predicted molar refractivity (Wildman–Crippen MR) is 137 cm³/mol. The molecule has 0 saturated carbocycles. The number of benzene rings is 3. The quantitative estimate of drug-likeness (QED) is 0.287. The SMILES string of the molecule is CCCN(CC(=O)N(Cc1ccccc1)Cc1ccco1)C(=O)c1ccc(-c2ccccc2)cc1. The minimum atomic E-state index is -0.141. The number of hydrogen-bond acceptors (Lipinski definition) is 3. The van der Waals surface area contributed by atoms with Crippen molar-refractivity contribution in [2.24, 2.45) is 0 Å². The lowest BCUT2D eigenvalue weighted by Gasteiger charge is -2.27. The largest absolute Gasteiger partial charge is 0.467 e. The van der Waals surface area contributed by atoms with Crippen LogP contribution >= 0.6 is 0 Å². The molecule has 0 radical (unpaired) electrons. The van der Waals surface area contributed by atoms with Gasteiger partial charge in [0.05, 0.1) is 12.8 Å². The van der Waals surface area contributed by atoms with Crippen LogP contribution in [-0.4, -0.2) is 34.7 Å². The van der Waals surface area contributed by atoms with E-state index < -0.39 is 0 Å². The maximum Gasteiger partial charge on any atom is 0.254 e. The van der Waals surface area contributed by atoms with Crippen molar-refractivity contribution in [1.82, 2.24) is 9.80 Å². The standard InChI is InChI=1S/C30H30N2O3/c1-2-19-31(30(34)27-17-15-26(16-18-27)25-12-7-4-8-13-25)23-29(33)32(22-28-14-9-20-35-28)21-24-10-5-3-6-11-24/h3-18,20H,2,19,21-23H2,1H3. The zero-order valence-corrected chi connectivity index (χ0v) is 20.0. The van der Waals surface area contributed by atoms with Crippen LogP contribution in [0.5, 0.6) is 0 Å². The molecule has 35 heavy (non-hydrogen) atoms. The molecular formula is C30H30N2O3. The van der Waals surface area contributed by atoms with Gasteiger partial charge in [0.25, 0.3) is 5.91 Å². The van der Waals surface area contributed by atoms with Gasteiger partial charge in [-0.3, -0.25) is 9.59 Å². The maximum atomic E-state index is 13.4. The molecule has 5 heteroatoms. The Hall–Kier alpha value is -4.12. The van der Waals surface area contributed by atoms with Crippen LogP contribution < -0.4 is 0 Å². The van der Waals surface area contributed by atoms with E-state index in [0.717, 1.165) is 23.1 Å². The predicted octanol–water partition coefficient (Wildman–Crippen LogP) is 6.03. The van der Waals surface area contributed by atoms with Crippen LogP contribution in [0.2, 0.25) is 0 Å². The zero-order chi connectivity index (χ0) is 24.5. The summed E-state index contributed by atoms with van der Waals surface area (Å²) < 4.78 is 5.49. The molecule has 0 spiro atoms. The van der Waals surface area contributed by atoms with Gasteiger partial charge in [-0.1, -0.05) is 79.7 Å². The molecule has 0 saturated heterocycles. The Morgan fingerprint density at radius 3 is 2.00 bits per heavy atom. The van der Waals surface area contributed by atoms with Crippen LogP contribution in [0, 0.1) is 0 Å². The molecule has 0 unspecified atom stereocenters. The van der Waals surface area contributed by atoms with E-state index in [9.17, 15) is 9.59 Å². The Morgan fingerprint density at radius 2 is 1.37 bits per heavy atom. The molecule has 1 aromatic heterocycles. The summed E-state index contributed by atoms with van der Waals surface area (Å²) in [6, 6.07) is 31.1. The van der Waals surface area contributed by atoms with Crippen molar-refractivity contribution in [2.75, 3.05) is 13.1 Å². The van der Waals surface area contributed by atoms with Crippen LogP contribution in [0.4, 0.5) is 0 Å². The second kappa shape index (κ2) is 11.8. The summed E-state index contributed by atoms with van der Waals surface area (Å²) in [6.45, 7) is 3.32. The van der Waals surface area contributed by atoms with E-state index in [-0.39, 0.29) is 18.4 Å². The van der Waals surface area contributed by atoms with E-state index >= 15 is 0 Å². The van der Waals surface area contributed by atoms with Gasteiger partial charge in [0.15, 0.2) is 0 Å². The Kier molecular flexibility index (Phi) is 8.12. The first-order valence-corrected chi connectivity index (χ1v) is 11.9. The van der Waals surface area contributed by atoms with Crippen molar-refractivity contribution < 1.29 is 14.0 Å². The number of amides is 2. The molecule has 3 aromatic carbocycles. The molecule has 0 fully saturated rings. The lowest BCUT2D eigenvalue weighted by Crippen LogP contribution is -2.42. The van der Waals surface area contributed by atoms with E-state index in [0.29, 0.717) is 31.0 Å². The van der Waals surface area contributed by atoms with Gasteiger partial charge in [0, 0.05) is 18.7 Å². The summed E-state index contributed by atoms with van der Waals surface area (Å²) in [5.74, 6) is 0.449. The molecule has 4 aromatic rings. The smallest absolute Gasteiger partial charge is 0.254 e. The van der Waals surface area contributed by atoms with E-state index in [4.69, 9.17) is 4.42 Å². The molecule has 4 rings (SSSR count). The van der Waals surface area contributed by atoms with E-state index in [1.165, 1.54) is 0 Å². The minimum absolute atomic E-state index is 0.0145. The van der Waals surface area contributed by atoms with Gasteiger partial charge in [-0.05, 0) is 47.4 Å². The summed E-state index contributed by atoms with van der Waals surface area (Å²) in [5, 5.41) is 0. The lowest BCUT2D eigenvalue weighted by atomic mass is 10.0. The number of furan rings is 1.